The Morgan fingerprint density at radius 2 is 1.12 bits per heavy atom. The Kier molecular flexibility index (Phi) is 11.2. The summed E-state index contributed by atoms with van der Waals surface area (Å²) in [4.78, 5) is 81.3. The van der Waals surface area contributed by atoms with Crippen LogP contribution in [0.1, 0.15) is 95.8 Å². The highest BCUT2D eigenvalue weighted by atomic mass is 16.6. The van der Waals surface area contributed by atoms with Gasteiger partial charge in [-0.3, -0.25) is 28.8 Å². The van der Waals surface area contributed by atoms with Gasteiger partial charge in [0.25, 0.3) is 23.6 Å². The van der Waals surface area contributed by atoms with Gasteiger partial charge in [-0.25, -0.2) is 9.80 Å². The number of hydrogen-bond acceptors (Lipinski definition) is 8. The van der Waals surface area contributed by atoms with Crippen LogP contribution in [0.15, 0.2) is 48.5 Å². The summed E-state index contributed by atoms with van der Waals surface area (Å²) >= 11 is 0. The minimum absolute atomic E-state index is 0.184. The highest BCUT2D eigenvalue weighted by Gasteiger charge is 2.41. The van der Waals surface area contributed by atoms with Crippen molar-refractivity contribution in [3.8, 4) is 0 Å². The molecular formula is C30H34N2O8. The first kappa shape index (κ1) is 31.7. The number of amides is 5. The van der Waals surface area contributed by atoms with E-state index in [0.29, 0.717) is 45.9 Å². The molecule has 5 amide bonds. The topological polar surface area (TPSA) is 135 Å². The molecule has 0 saturated heterocycles. The second-order valence-electron chi connectivity index (χ2n) is 10.0. The van der Waals surface area contributed by atoms with Gasteiger partial charge in [0.15, 0.2) is 6.23 Å². The van der Waals surface area contributed by atoms with E-state index in [2.05, 4.69) is 0 Å². The zero-order valence-electron chi connectivity index (χ0n) is 23.5. The van der Waals surface area contributed by atoms with Crippen LogP contribution >= 0.6 is 0 Å². The second kappa shape index (κ2) is 14.1. The average molecular weight is 551 g/mol. The maximum atomic E-state index is 12.3. The minimum atomic E-state index is -0.847. The van der Waals surface area contributed by atoms with Gasteiger partial charge in [0.05, 0.1) is 22.3 Å². The Morgan fingerprint density at radius 3 is 1.40 bits per heavy atom. The number of fused-ring (bicyclic) bond motifs is 2. The SMILES string of the molecule is CC(=O)N1C(=O)c2ccccc2C1=O.CC(=O)OC(CC(C)C)N1C(=O)c2ccccc2C1=O.CC(C)CC=O. The van der Waals surface area contributed by atoms with E-state index < -0.39 is 41.7 Å². The summed E-state index contributed by atoms with van der Waals surface area (Å²) in [5.41, 5.74) is 1.32. The molecule has 40 heavy (non-hydrogen) atoms. The van der Waals surface area contributed by atoms with Crippen LogP contribution in [-0.2, 0) is 19.1 Å². The summed E-state index contributed by atoms with van der Waals surface area (Å²) in [6, 6.07) is 13.0. The first-order valence-electron chi connectivity index (χ1n) is 12.9. The minimum Gasteiger partial charge on any atom is -0.441 e. The Labute approximate surface area is 233 Å². The Balaban J connectivity index is 0.000000242. The number of imide groups is 4. The van der Waals surface area contributed by atoms with Crippen LogP contribution < -0.4 is 0 Å². The lowest BCUT2D eigenvalue weighted by molar-refractivity contribution is -0.153. The van der Waals surface area contributed by atoms with Crippen LogP contribution in [0.25, 0.3) is 0 Å². The maximum absolute atomic E-state index is 12.3. The number of aldehydes is 1. The summed E-state index contributed by atoms with van der Waals surface area (Å²) in [5.74, 6) is -2.21. The molecule has 212 valence electrons. The molecule has 1 atom stereocenters. The normalized spacial score (nSPS) is 14.2. The third-order valence-corrected chi connectivity index (χ3v) is 5.77. The van der Waals surface area contributed by atoms with Gasteiger partial charge >= 0.3 is 5.97 Å². The van der Waals surface area contributed by atoms with E-state index in [1.54, 1.807) is 48.5 Å². The molecule has 0 fully saturated rings. The Hall–Kier alpha value is -4.47. The zero-order valence-corrected chi connectivity index (χ0v) is 23.5. The molecule has 1 unspecified atom stereocenters. The van der Waals surface area contributed by atoms with Crippen molar-refractivity contribution in [1.29, 1.82) is 0 Å². The predicted molar refractivity (Wildman–Crippen MR) is 145 cm³/mol. The van der Waals surface area contributed by atoms with Gasteiger partial charge in [-0.15, -0.1) is 0 Å². The molecule has 0 aromatic heterocycles. The van der Waals surface area contributed by atoms with Crippen LogP contribution in [0.4, 0.5) is 0 Å². The summed E-state index contributed by atoms with van der Waals surface area (Å²) in [5, 5.41) is 0. The molecule has 10 nitrogen and oxygen atoms in total. The van der Waals surface area contributed by atoms with Gasteiger partial charge < -0.3 is 9.53 Å². The Bertz CT molecular complexity index is 1240. The maximum Gasteiger partial charge on any atom is 0.304 e. The van der Waals surface area contributed by atoms with Gasteiger partial charge in [0.2, 0.25) is 5.91 Å². The second-order valence-corrected chi connectivity index (χ2v) is 10.0. The molecule has 0 bridgehead atoms. The van der Waals surface area contributed by atoms with Crippen LogP contribution in [0.3, 0.4) is 0 Å². The largest absolute Gasteiger partial charge is 0.441 e. The first-order chi connectivity index (χ1) is 18.8. The van der Waals surface area contributed by atoms with E-state index in [9.17, 15) is 33.6 Å². The van der Waals surface area contributed by atoms with E-state index in [1.807, 2.05) is 27.7 Å². The molecule has 2 aromatic rings. The standard InChI is InChI=1S/C15H17NO4.C10H7NO3.C5H10O/c1-9(2)8-13(20-10(3)17)16-14(18)11-6-4-5-7-12(11)15(16)19;1-6(12)11-9(13)7-4-2-3-5-8(7)10(11)14;1-5(2)3-4-6/h4-7,9,13H,8H2,1-3H3;2-5H,1H3;4-5H,3H2,1-2H3. The van der Waals surface area contributed by atoms with E-state index in [-0.39, 0.29) is 5.92 Å². The van der Waals surface area contributed by atoms with Crippen LogP contribution in [-0.4, -0.2) is 57.8 Å². The van der Waals surface area contributed by atoms with Gasteiger partial charge in [0, 0.05) is 26.7 Å². The molecule has 0 aliphatic carbocycles. The van der Waals surface area contributed by atoms with E-state index in [4.69, 9.17) is 4.74 Å². The summed E-state index contributed by atoms with van der Waals surface area (Å²) in [6.07, 6.45) is 1.22. The average Bonchev–Trinajstić information content (AvgIpc) is 3.28. The number of hydrogen-bond donors (Lipinski definition) is 0. The lowest BCUT2D eigenvalue weighted by atomic mass is 10.1. The lowest BCUT2D eigenvalue weighted by Crippen LogP contribution is -2.43. The third kappa shape index (κ3) is 7.56. The summed E-state index contributed by atoms with van der Waals surface area (Å²) < 4.78 is 5.16. The monoisotopic (exact) mass is 550 g/mol. The molecule has 2 heterocycles. The highest BCUT2D eigenvalue weighted by molar-refractivity contribution is 6.28. The highest BCUT2D eigenvalue weighted by Crippen LogP contribution is 2.27. The molecule has 2 aliphatic rings. The van der Waals surface area contributed by atoms with Crippen LogP contribution in [0.2, 0.25) is 0 Å². The molecule has 0 saturated carbocycles. The fourth-order valence-electron chi connectivity index (χ4n) is 3.94. The molecule has 0 radical (unpaired) electrons. The number of esters is 1. The van der Waals surface area contributed by atoms with Crippen molar-refractivity contribution in [2.45, 2.75) is 60.6 Å². The van der Waals surface area contributed by atoms with Crippen molar-refractivity contribution in [2.24, 2.45) is 11.8 Å². The van der Waals surface area contributed by atoms with Gasteiger partial charge in [-0.1, -0.05) is 52.0 Å². The molecule has 0 N–H and O–H groups in total. The number of benzene rings is 2. The summed E-state index contributed by atoms with van der Waals surface area (Å²) in [7, 11) is 0. The zero-order chi connectivity index (χ0) is 30.1. The molecule has 2 aromatic carbocycles. The fraction of sp³-hybridized carbons (Fsp3) is 0.367. The lowest BCUT2D eigenvalue weighted by Gasteiger charge is -2.26. The smallest absolute Gasteiger partial charge is 0.304 e. The van der Waals surface area contributed by atoms with Crippen molar-refractivity contribution in [1.82, 2.24) is 9.80 Å². The molecule has 2 aliphatic heterocycles. The van der Waals surface area contributed by atoms with E-state index in [1.165, 1.54) is 13.8 Å². The van der Waals surface area contributed by atoms with Crippen molar-refractivity contribution < 1.29 is 38.3 Å². The van der Waals surface area contributed by atoms with Gasteiger partial charge in [-0.2, -0.15) is 0 Å². The van der Waals surface area contributed by atoms with Gasteiger partial charge in [0.1, 0.15) is 6.29 Å². The molecule has 4 rings (SSSR count). The Morgan fingerprint density at radius 1 is 0.725 bits per heavy atom. The number of ether oxygens (including phenoxy) is 1. The molecule has 10 heteroatoms. The van der Waals surface area contributed by atoms with Crippen molar-refractivity contribution >= 4 is 41.8 Å². The first-order valence-corrected chi connectivity index (χ1v) is 12.9. The molecular weight excluding hydrogens is 516 g/mol. The number of carbonyl (C=O) groups is 7. The quantitative estimate of drug-likeness (QED) is 0.295. The number of nitrogens with zero attached hydrogens (tertiary/aromatic N) is 2. The number of carbonyl (C=O) groups excluding carboxylic acids is 7. The van der Waals surface area contributed by atoms with Gasteiger partial charge in [-0.05, 0) is 36.1 Å². The van der Waals surface area contributed by atoms with E-state index in [0.717, 1.165) is 11.2 Å². The molecule has 0 spiro atoms. The van der Waals surface area contributed by atoms with Crippen LogP contribution in [0.5, 0.6) is 0 Å². The van der Waals surface area contributed by atoms with Crippen LogP contribution in [0, 0.1) is 11.8 Å². The number of rotatable bonds is 6. The summed E-state index contributed by atoms with van der Waals surface area (Å²) in [6.45, 7) is 10.4. The third-order valence-electron chi connectivity index (χ3n) is 5.77. The van der Waals surface area contributed by atoms with Crippen molar-refractivity contribution in [3.63, 3.8) is 0 Å². The van der Waals surface area contributed by atoms with Crippen molar-refractivity contribution in [2.75, 3.05) is 0 Å². The fourth-order valence-corrected chi connectivity index (χ4v) is 3.94. The predicted octanol–water partition coefficient (Wildman–Crippen LogP) is 4.28. The van der Waals surface area contributed by atoms with E-state index >= 15 is 0 Å². The van der Waals surface area contributed by atoms with Crippen molar-refractivity contribution in [3.05, 3.63) is 70.8 Å².